The average Bonchev–Trinajstić information content (AvgIpc) is 3.13. The van der Waals surface area contributed by atoms with Crippen LogP contribution in [0.15, 0.2) is 24.3 Å². The zero-order chi connectivity index (χ0) is 20.0. The Morgan fingerprint density at radius 1 is 1.14 bits per heavy atom. The molecular formula is C22H32N2O4. The SMILES string of the molecule is CCCCOc1ccccc1C(=O)N1CCCC12CCCN(CCOC)C2=O. The summed E-state index contributed by atoms with van der Waals surface area (Å²) < 4.78 is 11.0. The quantitative estimate of drug-likeness (QED) is 0.642. The molecule has 3 rings (SSSR count). The predicted molar refractivity (Wildman–Crippen MR) is 108 cm³/mol. The summed E-state index contributed by atoms with van der Waals surface area (Å²) in [6.45, 7) is 5.16. The number of para-hydroxylation sites is 1. The Balaban J connectivity index is 1.83. The summed E-state index contributed by atoms with van der Waals surface area (Å²) in [4.78, 5) is 30.5. The Morgan fingerprint density at radius 3 is 2.64 bits per heavy atom. The van der Waals surface area contributed by atoms with E-state index in [0.29, 0.717) is 37.6 Å². The van der Waals surface area contributed by atoms with Crippen molar-refractivity contribution in [2.24, 2.45) is 0 Å². The van der Waals surface area contributed by atoms with Crippen molar-refractivity contribution in [3.05, 3.63) is 29.8 Å². The van der Waals surface area contributed by atoms with Crippen LogP contribution in [0.5, 0.6) is 5.75 Å². The van der Waals surface area contributed by atoms with Crippen molar-refractivity contribution >= 4 is 11.8 Å². The molecule has 0 N–H and O–H groups in total. The standard InChI is InChI=1S/C22H32N2O4/c1-3-4-16-28-19-10-6-5-9-18(19)20(25)24-14-8-12-22(24)11-7-13-23(21(22)26)15-17-27-2/h5-6,9-10H,3-4,7-8,11-17H2,1-2H3. The summed E-state index contributed by atoms with van der Waals surface area (Å²) in [5, 5.41) is 0. The third-order valence-corrected chi connectivity index (χ3v) is 5.88. The maximum Gasteiger partial charge on any atom is 0.258 e. The molecule has 28 heavy (non-hydrogen) atoms. The first-order chi connectivity index (χ1) is 13.6. The van der Waals surface area contributed by atoms with E-state index in [0.717, 1.165) is 45.1 Å². The molecule has 6 nitrogen and oxygen atoms in total. The summed E-state index contributed by atoms with van der Waals surface area (Å²) in [7, 11) is 1.64. The molecule has 2 amide bonds. The minimum absolute atomic E-state index is 0.0750. The van der Waals surface area contributed by atoms with E-state index < -0.39 is 5.54 Å². The van der Waals surface area contributed by atoms with Crippen LogP contribution in [0.3, 0.4) is 0 Å². The van der Waals surface area contributed by atoms with Gasteiger partial charge < -0.3 is 19.3 Å². The first-order valence-electron chi connectivity index (χ1n) is 10.5. The van der Waals surface area contributed by atoms with Crippen LogP contribution in [0, 0.1) is 0 Å². The number of carbonyl (C=O) groups excluding carboxylic acids is 2. The fraction of sp³-hybridized carbons (Fsp3) is 0.636. The van der Waals surface area contributed by atoms with Crippen molar-refractivity contribution in [2.45, 2.75) is 51.0 Å². The van der Waals surface area contributed by atoms with Gasteiger partial charge in [-0.3, -0.25) is 9.59 Å². The summed E-state index contributed by atoms with van der Waals surface area (Å²) in [5.74, 6) is 0.597. The van der Waals surface area contributed by atoms with Crippen molar-refractivity contribution in [2.75, 3.05) is 40.0 Å². The van der Waals surface area contributed by atoms with Gasteiger partial charge in [0.2, 0.25) is 5.91 Å². The van der Waals surface area contributed by atoms with Gasteiger partial charge in [-0.1, -0.05) is 25.5 Å². The van der Waals surface area contributed by atoms with Gasteiger partial charge in [0.05, 0.1) is 18.8 Å². The normalized spacial score (nSPS) is 22.1. The molecule has 2 heterocycles. The number of rotatable bonds is 8. The highest BCUT2D eigenvalue weighted by Crippen LogP contribution is 2.40. The van der Waals surface area contributed by atoms with Gasteiger partial charge in [-0.25, -0.2) is 0 Å². The van der Waals surface area contributed by atoms with Gasteiger partial charge >= 0.3 is 0 Å². The third kappa shape index (κ3) is 4.02. The van der Waals surface area contributed by atoms with Gasteiger partial charge in [-0.05, 0) is 44.2 Å². The van der Waals surface area contributed by atoms with E-state index in [1.54, 1.807) is 7.11 Å². The number of unbranched alkanes of at least 4 members (excludes halogenated alkanes) is 1. The Morgan fingerprint density at radius 2 is 1.89 bits per heavy atom. The largest absolute Gasteiger partial charge is 0.493 e. The van der Waals surface area contributed by atoms with Crippen molar-refractivity contribution in [1.82, 2.24) is 9.80 Å². The van der Waals surface area contributed by atoms with Gasteiger partial charge in [0.1, 0.15) is 11.3 Å². The molecule has 0 radical (unpaired) electrons. The second-order valence-electron chi connectivity index (χ2n) is 7.68. The molecular weight excluding hydrogens is 356 g/mol. The van der Waals surface area contributed by atoms with E-state index in [4.69, 9.17) is 9.47 Å². The molecule has 1 spiro atoms. The zero-order valence-electron chi connectivity index (χ0n) is 17.1. The maximum atomic E-state index is 13.5. The Kier molecular flexibility index (Phi) is 6.94. The van der Waals surface area contributed by atoms with Crippen molar-refractivity contribution in [3.8, 4) is 5.75 Å². The Labute approximate surface area is 167 Å². The molecule has 2 saturated heterocycles. The van der Waals surface area contributed by atoms with Crippen LogP contribution in [-0.4, -0.2) is 67.1 Å². The van der Waals surface area contributed by atoms with Gasteiger partial charge in [0, 0.05) is 26.7 Å². The van der Waals surface area contributed by atoms with Gasteiger partial charge in [-0.15, -0.1) is 0 Å². The summed E-state index contributed by atoms with van der Waals surface area (Å²) >= 11 is 0. The number of hydrogen-bond acceptors (Lipinski definition) is 4. The minimum atomic E-state index is -0.709. The van der Waals surface area contributed by atoms with Crippen molar-refractivity contribution in [1.29, 1.82) is 0 Å². The highest BCUT2D eigenvalue weighted by Gasteiger charge is 2.52. The second-order valence-corrected chi connectivity index (χ2v) is 7.68. The maximum absolute atomic E-state index is 13.5. The molecule has 1 atom stereocenters. The lowest BCUT2D eigenvalue weighted by Crippen LogP contribution is -2.61. The lowest BCUT2D eigenvalue weighted by Gasteiger charge is -2.44. The van der Waals surface area contributed by atoms with E-state index in [1.807, 2.05) is 34.1 Å². The van der Waals surface area contributed by atoms with Crippen molar-refractivity contribution < 1.29 is 19.1 Å². The monoisotopic (exact) mass is 388 g/mol. The Bertz CT molecular complexity index is 693. The fourth-order valence-electron chi connectivity index (χ4n) is 4.38. The molecule has 1 aromatic carbocycles. The number of nitrogens with zero attached hydrogens (tertiary/aromatic N) is 2. The van der Waals surface area contributed by atoms with E-state index in [-0.39, 0.29) is 11.8 Å². The second kappa shape index (κ2) is 9.41. The molecule has 2 aliphatic heterocycles. The van der Waals surface area contributed by atoms with Crippen LogP contribution in [-0.2, 0) is 9.53 Å². The number of ether oxygens (including phenoxy) is 2. The summed E-state index contributed by atoms with van der Waals surface area (Å²) in [6.07, 6.45) is 5.22. The van der Waals surface area contributed by atoms with Crippen LogP contribution >= 0.6 is 0 Å². The number of carbonyl (C=O) groups is 2. The molecule has 1 aromatic rings. The Hall–Kier alpha value is -2.08. The van der Waals surface area contributed by atoms with E-state index >= 15 is 0 Å². The average molecular weight is 389 g/mol. The predicted octanol–water partition coefficient (Wildman–Crippen LogP) is 3.11. The van der Waals surface area contributed by atoms with Gasteiger partial charge in [-0.2, -0.15) is 0 Å². The molecule has 0 saturated carbocycles. The number of methoxy groups -OCH3 is 1. The van der Waals surface area contributed by atoms with E-state index in [9.17, 15) is 9.59 Å². The zero-order valence-corrected chi connectivity index (χ0v) is 17.1. The number of hydrogen-bond donors (Lipinski definition) is 0. The van der Waals surface area contributed by atoms with Crippen LogP contribution in [0.1, 0.15) is 55.8 Å². The van der Waals surface area contributed by atoms with Gasteiger partial charge in [0.25, 0.3) is 5.91 Å². The van der Waals surface area contributed by atoms with E-state index in [2.05, 4.69) is 6.92 Å². The molecule has 1 unspecified atom stereocenters. The first kappa shape index (κ1) is 20.6. The fourth-order valence-corrected chi connectivity index (χ4v) is 4.38. The molecule has 154 valence electrons. The summed E-state index contributed by atoms with van der Waals surface area (Å²) in [6, 6.07) is 7.40. The number of piperidine rings is 1. The van der Waals surface area contributed by atoms with Crippen LogP contribution in [0.2, 0.25) is 0 Å². The molecule has 2 fully saturated rings. The van der Waals surface area contributed by atoms with Crippen molar-refractivity contribution in [3.63, 3.8) is 0 Å². The van der Waals surface area contributed by atoms with Gasteiger partial charge in [0.15, 0.2) is 0 Å². The first-order valence-corrected chi connectivity index (χ1v) is 10.5. The minimum Gasteiger partial charge on any atom is -0.493 e. The highest BCUT2D eigenvalue weighted by atomic mass is 16.5. The molecule has 2 aliphatic rings. The molecule has 0 aliphatic carbocycles. The number of amides is 2. The van der Waals surface area contributed by atoms with Crippen LogP contribution in [0.25, 0.3) is 0 Å². The lowest BCUT2D eigenvalue weighted by molar-refractivity contribution is -0.146. The number of benzene rings is 1. The molecule has 0 bridgehead atoms. The lowest BCUT2D eigenvalue weighted by atomic mass is 9.85. The topological polar surface area (TPSA) is 59.1 Å². The number of likely N-dealkylation sites (tertiary alicyclic amines) is 2. The van der Waals surface area contributed by atoms with Crippen LogP contribution in [0.4, 0.5) is 0 Å². The third-order valence-electron chi connectivity index (χ3n) is 5.88. The smallest absolute Gasteiger partial charge is 0.258 e. The highest BCUT2D eigenvalue weighted by molar-refractivity contribution is 6.01. The molecule has 6 heteroatoms. The van der Waals surface area contributed by atoms with Crippen LogP contribution < -0.4 is 4.74 Å². The van der Waals surface area contributed by atoms with E-state index in [1.165, 1.54) is 0 Å². The summed E-state index contributed by atoms with van der Waals surface area (Å²) in [5.41, 5.74) is -0.152. The molecule has 0 aromatic heterocycles.